The topological polar surface area (TPSA) is 328 Å². The third-order valence-electron chi connectivity index (χ3n) is 16.2. The third kappa shape index (κ3) is 24.4. The highest BCUT2D eigenvalue weighted by Gasteiger charge is 2.22. The predicted molar refractivity (Wildman–Crippen MR) is 459 cm³/mol. The van der Waals surface area contributed by atoms with Gasteiger partial charge in [-0.05, 0) is 127 Å². The SMILES string of the molecule is CC(C)Oc1ncc(C(=O)Nc2ccc(-c3ccccc3)cn2)cc1Cl.COc1nc(NC(=O)c2cccnc2)nc(OC)c1-c1ccccc1.O=C(Nc1ccc(-c2ccccc2)cn1)c1cccnc1.O=C(Nc1ccc(-c2ccccc2)cn1)c1cnc(Cl)c(Cl)c1.O=C(Nc1nc(Cl)c(-c2ccccc2)c(Cl)n1)c1cccnc1. The Labute approximate surface area is 702 Å². The highest BCUT2D eigenvalue weighted by molar-refractivity contribution is 6.41. The van der Waals surface area contributed by atoms with Crippen molar-refractivity contribution in [3.63, 3.8) is 0 Å². The molecule has 0 unspecified atom stereocenters. The molecule has 0 saturated heterocycles. The summed E-state index contributed by atoms with van der Waals surface area (Å²) in [5.41, 5.74) is 10.9. The number of carbonyl (C=O) groups is 5. The Morgan fingerprint density at radius 3 is 0.949 bits per heavy atom. The first-order valence-electron chi connectivity index (χ1n) is 35.6. The summed E-state index contributed by atoms with van der Waals surface area (Å²) in [4.78, 5) is 110. The number of nitrogens with zero attached hydrogens (tertiary/aromatic N) is 12. The van der Waals surface area contributed by atoms with Crippen LogP contribution in [0.3, 0.4) is 0 Å². The van der Waals surface area contributed by atoms with Crippen LogP contribution in [-0.4, -0.2) is 110 Å². The number of hydrogen-bond acceptors (Lipinski definition) is 20. The first-order valence-corrected chi connectivity index (χ1v) is 37.5. The highest BCUT2D eigenvalue weighted by Crippen LogP contribution is 2.38. The zero-order valence-corrected chi connectivity index (χ0v) is 66.7. The average molecular weight is 1670 g/mol. The van der Waals surface area contributed by atoms with E-state index < -0.39 is 5.91 Å². The molecule has 0 aliphatic rings. The molecule has 0 radical (unpaired) electrons. The summed E-state index contributed by atoms with van der Waals surface area (Å²) >= 11 is 30.1. The molecule has 15 rings (SSSR count). The van der Waals surface area contributed by atoms with Gasteiger partial charge in [0.15, 0.2) is 0 Å². The van der Waals surface area contributed by atoms with Crippen molar-refractivity contribution in [1.29, 1.82) is 0 Å². The van der Waals surface area contributed by atoms with Crippen molar-refractivity contribution in [2.75, 3.05) is 40.8 Å². The smallest absolute Gasteiger partial charge is 0.259 e. The molecular formula is C88H68Cl5N17O8. The minimum Gasteiger partial charge on any atom is -0.480 e. The fourth-order valence-corrected chi connectivity index (χ4v) is 11.6. The molecule has 0 fully saturated rings. The van der Waals surface area contributed by atoms with Crippen LogP contribution in [0.5, 0.6) is 17.6 Å². The van der Waals surface area contributed by atoms with E-state index in [-0.39, 0.29) is 62.1 Å². The molecule has 5 aromatic carbocycles. The predicted octanol–water partition coefficient (Wildman–Crippen LogP) is 19.8. The lowest BCUT2D eigenvalue weighted by molar-refractivity contribution is 0.101. The standard InChI is InChI=1S/C20H18ClN3O2.C18H16N4O3.C17H11Cl2N3O.C17H13N3O.C16H10Cl2N4O/c1-13(2)26-20-17(21)10-16(12-23-20)19(25)24-18-9-8-15(11-22-18)14-6-4-3-5-7-14;1-24-16-14(12-7-4-3-5-8-12)17(25-2)22-18(21-16)20-15(23)13-9-6-10-19-11-13;18-14-8-13(10-21-16(14)19)17(23)22-15-7-6-12(9-20-15)11-4-2-1-3-5-11;21-17(15-7-4-10-18-11-15)20-16-9-8-14(12-19-16)13-5-2-1-3-6-13;17-13-12(10-5-2-1-3-6-10)14(18)21-16(20-13)22-15(23)11-7-4-8-19-9-11/h3-13H,1-2H3,(H,22,24,25);3-11H,1-2H3,(H,20,21,22,23);1-10H,(H,20,22,23);1-12H,(H,19,20,21);1-9H,(H,20,21,22,23). The second-order valence-corrected chi connectivity index (χ2v) is 26.6. The largest absolute Gasteiger partial charge is 0.480 e. The fourth-order valence-electron chi connectivity index (χ4n) is 10.5. The Hall–Kier alpha value is -14.3. The molecule has 0 atom stereocenters. The Kier molecular flexibility index (Phi) is 30.6. The van der Waals surface area contributed by atoms with E-state index >= 15 is 0 Å². The molecule has 30 heteroatoms. The van der Waals surface area contributed by atoms with Gasteiger partial charge in [0.25, 0.3) is 29.5 Å². The van der Waals surface area contributed by atoms with Gasteiger partial charge in [-0.25, -0.2) is 24.9 Å². The van der Waals surface area contributed by atoms with Gasteiger partial charge in [-0.1, -0.05) is 210 Å². The molecule has 0 aliphatic heterocycles. The van der Waals surface area contributed by atoms with Crippen molar-refractivity contribution in [2.24, 2.45) is 0 Å². The van der Waals surface area contributed by atoms with E-state index in [1.807, 2.05) is 184 Å². The van der Waals surface area contributed by atoms with Gasteiger partial charge in [0, 0.05) is 84.9 Å². The Balaban J connectivity index is 0.000000145. The molecule has 0 spiro atoms. The summed E-state index contributed by atoms with van der Waals surface area (Å²) in [5.74, 6) is 0.785. The zero-order chi connectivity index (χ0) is 83.1. The molecule has 118 heavy (non-hydrogen) atoms. The van der Waals surface area contributed by atoms with Crippen LogP contribution in [0.25, 0.3) is 55.6 Å². The minimum atomic E-state index is -0.391. The monoisotopic (exact) mass is 1670 g/mol. The Bertz CT molecular complexity index is 5800. The number of ether oxygens (including phenoxy) is 3. The molecular weight excluding hydrogens is 1600 g/mol. The molecule has 10 heterocycles. The average Bonchev–Trinajstić information content (AvgIpc) is 0.801. The van der Waals surface area contributed by atoms with Gasteiger partial charge in [0.2, 0.25) is 29.5 Å². The molecule has 5 N–H and O–H groups in total. The van der Waals surface area contributed by atoms with E-state index in [2.05, 4.69) is 86.4 Å². The van der Waals surface area contributed by atoms with Crippen LogP contribution < -0.4 is 40.8 Å². The number of halogens is 5. The maximum absolute atomic E-state index is 12.4. The number of benzene rings is 5. The van der Waals surface area contributed by atoms with Crippen LogP contribution in [0.2, 0.25) is 25.5 Å². The summed E-state index contributed by atoms with van der Waals surface area (Å²) in [6.45, 7) is 3.76. The van der Waals surface area contributed by atoms with E-state index in [9.17, 15) is 24.0 Å². The summed E-state index contributed by atoms with van der Waals surface area (Å²) in [5, 5.41) is 14.4. The molecule has 25 nitrogen and oxygen atoms in total. The van der Waals surface area contributed by atoms with E-state index in [1.165, 1.54) is 57.3 Å². The molecule has 15 aromatic rings. The first kappa shape index (κ1) is 84.6. The number of aromatic nitrogens is 12. The zero-order valence-electron chi connectivity index (χ0n) is 63.0. The first-order chi connectivity index (χ1) is 57.4. The lowest BCUT2D eigenvalue weighted by Crippen LogP contribution is -2.15. The van der Waals surface area contributed by atoms with Crippen molar-refractivity contribution in [3.05, 3.63) is 358 Å². The Morgan fingerprint density at radius 2 is 0.627 bits per heavy atom. The van der Waals surface area contributed by atoms with Crippen molar-refractivity contribution < 1.29 is 38.2 Å². The van der Waals surface area contributed by atoms with Crippen molar-refractivity contribution in [2.45, 2.75) is 20.0 Å². The van der Waals surface area contributed by atoms with Crippen LogP contribution >= 0.6 is 58.0 Å². The summed E-state index contributed by atoms with van der Waals surface area (Å²) in [7, 11) is 3.00. The molecule has 0 saturated carbocycles. The highest BCUT2D eigenvalue weighted by atomic mass is 35.5. The molecule has 10 aromatic heterocycles. The molecule has 5 amide bonds. The lowest BCUT2D eigenvalue weighted by atomic mass is 10.1. The maximum atomic E-state index is 12.4. The number of amides is 5. The number of anilines is 5. The number of carbonyl (C=O) groups excluding carboxylic acids is 5. The van der Waals surface area contributed by atoms with Crippen LogP contribution in [0.15, 0.2) is 305 Å². The Morgan fingerprint density at radius 1 is 0.297 bits per heavy atom. The van der Waals surface area contributed by atoms with Crippen LogP contribution in [0.1, 0.15) is 65.6 Å². The number of rotatable bonds is 19. The van der Waals surface area contributed by atoms with Crippen LogP contribution in [0, 0.1) is 0 Å². The normalized spacial score (nSPS) is 10.3. The van der Waals surface area contributed by atoms with Crippen molar-refractivity contribution in [3.8, 4) is 73.3 Å². The second-order valence-electron chi connectivity index (χ2n) is 24.7. The number of methoxy groups -OCH3 is 2. The van der Waals surface area contributed by atoms with Crippen LogP contribution in [0.4, 0.5) is 29.4 Å². The lowest BCUT2D eigenvalue weighted by Gasteiger charge is -2.13. The van der Waals surface area contributed by atoms with Gasteiger partial charge in [-0.2, -0.15) is 19.9 Å². The van der Waals surface area contributed by atoms with Gasteiger partial charge in [-0.3, -0.25) is 49.6 Å². The van der Waals surface area contributed by atoms with Crippen molar-refractivity contribution >= 4 is 117 Å². The number of hydrogen-bond donors (Lipinski definition) is 5. The third-order valence-corrected chi connectivity index (χ3v) is 17.7. The second kappa shape index (κ2) is 42.7. The van der Waals surface area contributed by atoms with Gasteiger partial charge < -0.3 is 30.2 Å². The molecule has 0 aliphatic carbocycles. The minimum absolute atomic E-state index is 0.0357. The summed E-state index contributed by atoms with van der Waals surface area (Å²) < 4.78 is 16.2. The van der Waals surface area contributed by atoms with Gasteiger partial charge in [0.05, 0.1) is 58.7 Å². The summed E-state index contributed by atoms with van der Waals surface area (Å²) in [6, 6.07) is 72.6. The van der Waals surface area contributed by atoms with E-state index in [4.69, 9.17) is 72.2 Å². The fraction of sp³-hybridized carbons (Fsp3) is 0.0568. The molecule has 0 bridgehead atoms. The number of nitrogens with one attached hydrogen (secondary N) is 5. The van der Waals surface area contributed by atoms with E-state index in [0.29, 0.717) is 79.1 Å². The van der Waals surface area contributed by atoms with Gasteiger partial charge >= 0.3 is 0 Å². The summed E-state index contributed by atoms with van der Waals surface area (Å²) in [6.07, 6.45) is 17.1. The van der Waals surface area contributed by atoms with E-state index in [1.54, 1.807) is 91.8 Å². The van der Waals surface area contributed by atoms with Crippen molar-refractivity contribution in [1.82, 2.24) is 59.8 Å². The number of pyridine rings is 8. The van der Waals surface area contributed by atoms with Gasteiger partial charge in [0.1, 0.15) is 43.5 Å². The van der Waals surface area contributed by atoms with Crippen LogP contribution in [-0.2, 0) is 0 Å². The quantitative estimate of drug-likeness (QED) is 0.0371. The van der Waals surface area contributed by atoms with Gasteiger partial charge in [-0.15, -0.1) is 0 Å². The van der Waals surface area contributed by atoms with E-state index in [0.717, 1.165) is 44.5 Å². The maximum Gasteiger partial charge on any atom is 0.259 e. The molecule has 588 valence electrons.